The first-order valence-corrected chi connectivity index (χ1v) is 19.9. The highest BCUT2D eigenvalue weighted by atomic mass is 28.4. The number of fused-ring (bicyclic) bond motifs is 3. The predicted octanol–water partition coefficient (Wildman–Crippen LogP) is 6.41. The number of benzene rings is 3. The number of halogens is 1. The van der Waals surface area contributed by atoms with E-state index in [2.05, 4.69) is 16.9 Å². The fourth-order valence-corrected chi connectivity index (χ4v) is 10.9. The van der Waals surface area contributed by atoms with Gasteiger partial charge < -0.3 is 18.9 Å². The number of amides is 2. The number of carbonyl (C=O) groups is 2. The van der Waals surface area contributed by atoms with Crippen LogP contribution in [0.1, 0.15) is 48.1 Å². The van der Waals surface area contributed by atoms with Crippen molar-refractivity contribution in [2.45, 2.75) is 69.0 Å². The monoisotopic (exact) mass is 679 g/mol. The summed E-state index contributed by atoms with van der Waals surface area (Å²) in [6, 6.07) is 23.2. The molecule has 0 aliphatic carbocycles. The van der Waals surface area contributed by atoms with Crippen LogP contribution in [-0.2, 0) is 32.9 Å². The summed E-state index contributed by atoms with van der Waals surface area (Å²) in [6.07, 6.45) is 4.39. The molecule has 254 valence electrons. The van der Waals surface area contributed by atoms with Gasteiger partial charge in [-0.2, -0.15) is 0 Å². The molecule has 4 heterocycles. The van der Waals surface area contributed by atoms with E-state index in [0.717, 1.165) is 16.8 Å². The molecule has 3 aromatic carbocycles. The zero-order valence-corrected chi connectivity index (χ0v) is 29.1. The molecule has 4 aromatic rings. The van der Waals surface area contributed by atoms with E-state index in [4.69, 9.17) is 4.74 Å². The number of carbonyl (C=O) groups excluding carboxylic acids is 2. The molecule has 7 rings (SSSR count). The maximum Gasteiger partial charge on any atom is 0.264 e. The van der Waals surface area contributed by atoms with Gasteiger partial charge in [-0.3, -0.25) is 19.2 Å². The lowest BCUT2D eigenvalue weighted by molar-refractivity contribution is -0.145. The van der Waals surface area contributed by atoms with E-state index in [1.54, 1.807) is 33.7 Å². The Labute approximate surface area is 287 Å². The van der Waals surface area contributed by atoms with Crippen LogP contribution in [0.25, 0.3) is 0 Å². The van der Waals surface area contributed by atoms with E-state index in [1.165, 1.54) is 0 Å². The molecule has 0 radical (unpaired) electrons. The molecule has 1 aromatic heterocycles. The molecular weight excluding hydrogens is 638 g/mol. The van der Waals surface area contributed by atoms with Gasteiger partial charge in [0.05, 0.1) is 35.7 Å². The van der Waals surface area contributed by atoms with Gasteiger partial charge in [0.1, 0.15) is 0 Å². The summed E-state index contributed by atoms with van der Waals surface area (Å²) in [4.78, 5) is 31.4. The van der Waals surface area contributed by atoms with Crippen LogP contribution in [0.4, 0.5) is 21.2 Å². The number of rotatable bonds is 10. The van der Waals surface area contributed by atoms with Crippen molar-refractivity contribution in [2.75, 3.05) is 23.0 Å². The number of aromatic nitrogens is 3. The van der Waals surface area contributed by atoms with Gasteiger partial charge in [-0.15, -0.1) is 11.7 Å². The minimum Gasteiger partial charge on any atom is -0.395 e. The first-order valence-electron chi connectivity index (χ1n) is 17.0. The van der Waals surface area contributed by atoms with Crippen molar-refractivity contribution in [3.63, 3.8) is 0 Å². The molecule has 11 heteroatoms. The van der Waals surface area contributed by atoms with Crippen molar-refractivity contribution in [1.29, 1.82) is 0 Å². The average molecular weight is 680 g/mol. The second kappa shape index (κ2) is 12.8. The van der Waals surface area contributed by atoms with Crippen LogP contribution < -0.4 is 9.80 Å². The van der Waals surface area contributed by atoms with Crippen LogP contribution >= 0.6 is 0 Å². The Balaban J connectivity index is 1.24. The highest BCUT2D eigenvalue weighted by molar-refractivity contribution is 6.72. The minimum absolute atomic E-state index is 0.0173. The molecule has 0 bridgehead atoms. The molecule has 1 spiro atoms. The molecule has 2 amide bonds. The fraction of sp³-hybridized carbons (Fsp3) is 0.368. The van der Waals surface area contributed by atoms with Crippen LogP contribution in [0.2, 0.25) is 18.6 Å². The molecule has 0 saturated carbocycles. The van der Waals surface area contributed by atoms with E-state index in [0.29, 0.717) is 48.4 Å². The van der Waals surface area contributed by atoms with Gasteiger partial charge in [-0.05, 0) is 61.3 Å². The number of aliphatic hydroxyl groups is 1. The number of aryl methyl sites for hydroxylation is 2. The lowest BCUT2D eigenvalue weighted by atomic mass is 9.82. The Morgan fingerprint density at radius 2 is 1.84 bits per heavy atom. The first-order chi connectivity index (χ1) is 23.6. The van der Waals surface area contributed by atoms with Gasteiger partial charge in [0, 0.05) is 48.4 Å². The molecule has 1 N–H and O–H groups in total. The third kappa shape index (κ3) is 5.53. The summed E-state index contributed by atoms with van der Waals surface area (Å²) in [5, 5.41) is 18.8. The van der Waals surface area contributed by atoms with Crippen LogP contribution in [0.15, 0.2) is 91.6 Å². The van der Waals surface area contributed by atoms with E-state index >= 15 is 4.11 Å². The highest BCUT2D eigenvalue weighted by Crippen LogP contribution is 2.60. The molecule has 3 aliphatic rings. The van der Waals surface area contributed by atoms with Crippen molar-refractivity contribution >= 4 is 37.3 Å². The van der Waals surface area contributed by atoms with Crippen LogP contribution in [0, 0.1) is 5.92 Å². The van der Waals surface area contributed by atoms with E-state index in [9.17, 15) is 14.7 Å². The van der Waals surface area contributed by atoms with Crippen molar-refractivity contribution in [2.24, 2.45) is 5.92 Å². The summed E-state index contributed by atoms with van der Waals surface area (Å²) < 4.78 is 25.1. The number of nitrogens with zero attached hydrogens (tertiary/aromatic N) is 5. The van der Waals surface area contributed by atoms with Gasteiger partial charge in [0.15, 0.2) is 5.60 Å². The van der Waals surface area contributed by atoms with Crippen molar-refractivity contribution in [1.82, 2.24) is 15.0 Å². The number of para-hydroxylation sites is 1. The SMILES string of the molecule is C=CCN1C(=O)[C@]2(O[C@H](CCn3cc(C(CO)c4ccccc4)nn3)[C@@H]([Si](C)(C)F)[C@@H]2C)c2cc(N3C(=O)CCc4ccccc43)ccc21. The molecule has 9 nitrogen and oxygen atoms in total. The fourth-order valence-electron chi connectivity index (χ4n) is 8.36. The Morgan fingerprint density at radius 1 is 1.08 bits per heavy atom. The van der Waals surface area contributed by atoms with Crippen LogP contribution in [0.5, 0.6) is 0 Å². The van der Waals surface area contributed by atoms with Gasteiger partial charge in [0.2, 0.25) is 14.3 Å². The standard InChI is InChI=1S/C38H42FN5O4Si/c1-5-20-43-33-17-16-28(44-32-14-10-9-13-27(32)15-18-35(44)46)22-30(33)38(37(43)47)25(2)36(49(3,4)39)34(48-38)19-21-42-23-31(40-41-42)29(24-45)26-11-7-6-8-12-26/h5-14,16-17,22-23,25,29,34,36,45H,1,15,18-21,24H2,2-4H3/t25-,29?,34+,36-,38+/m0/s1. The molecular formula is C38H42FN5O4Si. The normalized spacial score (nSPS) is 24.0. The molecule has 1 saturated heterocycles. The minimum atomic E-state index is -3.40. The number of aliphatic hydroxyl groups excluding tert-OH is 1. The average Bonchev–Trinajstić information content (AvgIpc) is 3.75. The number of anilines is 3. The van der Waals surface area contributed by atoms with Crippen molar-refractivity contribution in [3.05, 3.63) is 114 Å². The third-order valence-corrected chi connectivity index (χ3v) is 13.0. The Kier molecular flexibility index (Phi) is 8.62. The highest BCUT2D eigenvalue weighted by Gasteiger charge is 2.66. The van der Waals surface area contributed by atoms with Gasteiger partial charge in [-0.1, -0.05) is 66.7 Å². The van der Waals surface area contributed by atoms with Crippen molar-refractivity contribution < 1.29 is 23.5 Å². The quantitative estimate of drug-likeness (QED) is 0.118. The molecule has 1 fully saturated rings. The lowest BCUT2D eigenvalue weighted by Gasteiger charge is -2.32. The summed E-state index contributed by atoms with van der Waals surface area (Å²) >= 11 is 0. The Morgan fingerprint density at radius 3 is 2.57 bits per heavy atom. The van der Waals surface area contributed by atoms with Gasteiger partial charge in [0.25, 0.3) is 5.91 Å². The second-order valence-electron chi connectivity index (χ2n) is 13.9. The summed E-state index contributed by atoms with van der Waals surface area (Å²) in [7, 11) is -3.40. The van der Waals surface area contributed by atoms with E-state index < -0.39 is 31.6 Å². The number of ether oxygens (including phenoxy) is 1. The van der Waals surface area contributed by atoms with Crippen molar-refractivity contribution in [3.8, 4) is 0 Å². The Bertz CT molecular complexity index is 1890. The number of hydrogen-bond donors (Lipinski definition) is 1. The molecule has 3 aliphatic heterocycles. The van der Waals surface area contributed by atoms with Gasteiger partial charge in [-0.25, -0.2) is 0 Å². The van der Waals surface area contributed by atoms with Crippen LogP contribution in [-0.4, -0.2) is 59.6 Å². The third-order valence-electron chi connectivity index (χ3n) is 10.5. The topological polar surface area (TPSA) is 101 Å². The summed E-state index contributed by atoms with van der Waals surface area (Å²) in [5.41, 5.74) is 3.57. The van der Waals surface area contributed by atoms with E-state index in [1.807, 2.05) is 85.9 Å². The smallest absolute Gasteiger partial charge is 0.264 e. The summed E-state index contributed by atoms with van der Waals surface area (Å²) in [6.45, 7) is 9.75. The predicted molar refractivity (Wildman–Crippen MR) is 189 cm³/mol. The number of hydrogen-bond acceptors (Lipinski definition) is 6. The van der Waals surface area contributed by atoms with Gasteiger partial charge >= 0.3 is 0 Å². The lowest BCUT2D eigenvalue weighted by Crippen LogP contribution is -2.45. The zero-order chi connectivity index (χ0) is 34.5. The maximum atomic E-state index is 16.4. The zero-order valence-electron chi connectivity index (χ0n) is 28.1. The Hall–Kier alpha value is -4.45. The molecule has 1 unspecified atom stereocenters. The summed E-state index contributed by atoms with van der Waals surface area (Å²) in [5.74, 6) is -1.05. The second-order valence-corrected chi connectivity index (χ2v) is 17.7. The van der Waals surface area contributed by atoms with E-state index in [-0.39, 0.29) is 30.9 Å². The molecule has 5 atom stereocenters. The first kappa shape index (κ1) is 33.1. The maximum absolute atomic E-state index is 16.4. The molecule has 49 heavy (non-hydrogen) atoms. The van der Waals surface area contributed by atoms with Crippen LogP contribution in [0.3, 0.4) is 0 Å². The largest absolute Gasteiger partial charge is 0.395 e.